The Morgan fingerprint density at radius 1 is 1.17 bits per heavy atom. The van der Waals surface area contributed by atoms with Gasteiger partial charge in [-0.15, -0.1) is 0 Å². The van der Waals surface area contributed by atoms with Crippen LogP contribution < -0.4 is 14.8 Å². The smallest absolute Gasteiger partial charge is 0.407 e. The lowest BCUT2D eigenvalue weighted by Crippen LogP contribution is -2.34. The number of hydrogen-bond acceptors (Lipinski definition) is 6. The molecule has 0 fully saturated rings. The zero-order chi connectivity index (χ0) is 18.3. The van der Waals surface area contributed by atoms with Crippen molar-refractivity contribution in [3.05, 3.63) is 23.8 Å². The highest BCUT2D eigenvalue weighted by molar-refractivity contribution is 5.67. The topological polar surface area (TPSA) is 97.3 Å². The quantitative estimate of drug-likeness (QED) is 0.702. The van der Waals surface area contributed by atoms with Gasteiger partial charge in [-0.1, -0.05) is 6.07 Å². The summed E-state index contributed by atoms with van der Waals surface area (Å²) in [5.74, 6) is 0.835. The summed E-state index contributed by atoms with van der Waals surface area (Å²) in [6.07, 6.45) is -2.75. The second-order valence-corrected chi connectivity index (χ2v) is 6.31. The summed E-state index contributed by atoms with van der Waals surface area (Å²) in [6.45, 7) is 5.45. The Balaban J connectivity index is 2.66. The number of ether oxygens (including phenoxy) is 3. The Hall–Kier alpha value is -1.99. The third-order valence-corrected chi connectivity index (χ3v) is 3.23. The molecule has 0 spiro atoms. The molecule has 136 valence electrons. The zero-order valence-electron chi connectivity index (χ0n) is 14.8. The van der Waals surface area contributed by atoms with Crippen LogP contribution in [0.3, 0.4) is 0 Å². The number of methoxy groups -OCH3 is 2. The molecule has 0 bridgehead atoms. The van der Waals surface area contributed by atoms with Gasteiger partial charge in [0.2, 0.25) is 0 Å². The summed E-state index contributed by atoms with van der Waals surface area (Å²) in [5, 5.41) is 23.2. The molecule has 7 heteroatoms. The predicted octanol–water partition coefficient (Wildman–Crippen LogP) is 2.01. The number of aliphatic hydroxyl groups is 2. The third kappa shape index (κ3) is 5.90. The molecule has 1 aromatic rings. The molecule has 0 saturated heterocycles. The van der Waals surface area contributed by atoms with Crippen molar-refractivity contribution < 1.29 is 29.2 Å². The molecule has 0 radical (unpaired) electrons. The fourth-order valence-electron chi connectivity index (χ4n) is 2.16. The van der Waals surface area contributed by atoms with Gasteiger partial charge >= 0.3 is 6.09 Å². The van der Waals surface area contributed by atoms with Crippen molar-refractivity contribution in [3.63, 3.8) is 0 Å². The predicted molar refractivity (Wildman–Crippen MR) is 89.4 cm³/mol. The summed E-state index contributed by atoms with van der Waals surface area (Å²) in [6, 6.07) is 5.07. The normalized spacial score (nSPS) is 13.8. The van der Waals surface area contributed by atoms with E-state index in [1.54, 1.807) is 39.0 Å². The molecular formula is C17H27NO6. The molecule has 1 amide bonds. The molecule has 0 heterocycles. The number of benzene rings is 1. The zero-order valence-corrected chi connectivity index (χ0v) is 14.8. The number of nitrogens with one attached hydrogen (secondary N) is 1. The Morgan fingerprint density at radius 2 is 1.71 bits per heavy atom. The largest absolute Gasteiger partial charge is 0.496 e. The minimum Gasteiger partial charge on any atom is -0.496 e. The van der Waals surface area contributed by atoms with Crippen LogP contribution in [0.1, 0.15) is 38.9 Å². The molecular weight excluding hydrogens is 314 g/mol. The van der Waals surface area contributed by atoms with E-state index in [1.165, 1.54) is 14.2 Å². The van der Waals surface area contributed by atoms with Gasteiger partial charge in [0.05, 0.1) is 25.9 Å². The molecule has 0 aliphatic rings. The van der Waals surface area contributed by atoms with Gasteiger partial charge in [0.15, 0.2) is 0 Å². The number of aliphatic hydroxyl groups excluding tert-OH is 2. The van der Waals surface area contributed by atoms with Crippen LogP contribution >= 0.6 is 0 Å². The molecule has 24 heavy (non-hydrogen) atoms. The molecule has 0 aliphatic heterocycles. The Bertz CT molecular complexity index is 518. The third-order valence-electron chi connectivity index (χ3n) is 3.23. The molecule has 1 rings (SSSR count). The first-order valence-electron chi connectivity index (χ1n) is 7.73. The van der Waals surface area contributed by atoms with Gasteiger partial charge in [-0.2, -0.15) is 0 Å². The highest BCUT2D eigenvalue weighted by Crippen LogP contribution is 2.36. The lowest BCUT2D eigenvalue weighted by Gasteiger charge is -2.23. The van der Waals surface area contributed by atoms with Gasteiger partial charge < -0.3 is 29.7 Å². The van der Waals surface area contributed by atoms with E-state index in [-0.39, 0.29) is 13.0 Å². The number of carbonyl (C=O) groups excluding carboxylic acids is 1. The molecule has 2 unspecified atom stereocenters. The Kier molecular flexibility index (Phi) is 7.31. The maximum Gasteiger partial charge on any atom is 0.407 e. The average Bonchev–Trinajstić information content (AvgIpc) is 2.51. The van der Waals surface area contributed by atoms with Crippen LogP contribution in [0.5, 0.6) is 11.5 Å². The van der Waals surface area contributed by atoms with Gasteiger partial charge in [0.25, 0.3) is 0 Å². The summed E-state index contributed by atoms with van der Waals surface area (Å²) < 4.78 is 15.5. The number of hydrogen-bond donors (Lipinski definition) is 3. The van der Waals surface area contributed by atoms with Gasteiger partial charge in [-0.3, -0.25) is 0 Å². The van der Waals surface area contributed by atoms with Crippen LogP contribution in [0.2, 0.25) is 0 Å². The first-order chi connectivity index (χ1) is 11.2. The maximum atomic E-state index is 11.6. The van der Waals surface area contributed by atoms with E-state index in [9.17, 15) is 15.0 Å². The summed E-state index contributed by atoms with van der Waals surface area (Å²) in [7, 11) is 2.95. The van der Waals surface area contributed by atoms with Crippen LogP contribution in [-0.2, 0) is 4.74 Å². The van der Waals surface area contributed by atoms with E-state index in [0.29, 0.717) is 17.1 Å². The molecule has 0 saturated carbocycles. The molecule has 2 atom stereocenters. The van der Waals surface area contributed by atoms with Crippen LogP contribution in [0.15, 0.2) is 18.2 Å². The number of rotatable bonds is 7. The molecule has 3 N–H and O–H groups in total. The fourth-order valence-corrected chi connectivity index (χ4v) is 2.16. The molecule has 0 aromatic heterocycles. The molecule has 1 aromatic carbocycles. The first kappa shape index (κ1) is 20.1. The van der Waals surface area contributed by atoms with Crippen molar-refractivity contribution in [2.45, 2.75) is 45.0 Å². The monoisotopic (exact) mass is 341 g/mol. The molecule has 0 aliphatic carbocycles. The number of carbonyl (C=O) groups is 1. The lowest BCUT2D eigenvalue weighted by atomic mass is 10.00. The van der Waals surface area contributed by atoms with Crippen molar-refractivity contribution >= 4 is 6.09 Å². The van der Waals surface area contributed by atoms with Crippen LogP contribution in [0, 0.1) is 0 Å². The van der Waals surface area contributed by atoms with Gasteiger partial charge in [0, 0.05) is 6.54 Å². The van der Waals surface area contributed by atoms with Gasteiger partial charge in [-0.25, -0.2) is 4.79 Å². The Labute approximate surface area is 142 Å². The van der Waals surface area contributed by atoms with Crippen molar-refractivity contribution in [3.8, 4) is 11.5 Å². The van der Waals surface area contributed by atoms with E-state index in [2.05, 4.69) is 5.32 Å². The highest BCUT2D eigenvalue weighted by Gasteiger charge is 2.25. The van der Waals surface area contributed by atoms with Crippen molar-refractivity contribution in [2.24, 2.45) is 0 Å². The minimum atomic E-state index is -1.21. The second-order valence-electron chi connectivity index (χ2n) is 6.31. The van der Waals surface area contributed by atoms with Crippen LogP contribution in [0.25, 0.3) is 0 Å². The van der Waals surface area contributed by atoms with Crippen molar-refractivity contribution in [1.29, 1.82) is 0 Å². The standard InChI is InChI=1S/C17H27NO6/c1-17(2,3)24-16(21)18-10-9-11(19)15(20)14-12(22-4)7-6-8-13(14)23-5/h6-8,11,15,19-20H,9-10H2,1-5H3,(H,18,21). The second kappa shape index (κ2) is 8.75. The van der Waals surface area contributed by atoms with Gasteiger partial charge in [0.1, 0.15) is 23.2 Å². The van der Waals surface area contributed by atoms with E-state index in [1.807, 2.05) is 0 Å². The maximum absolute atomic E-state index is 11.6. The lowest BCUT2D eigenvalue weighted by molar-refractivity contribution is 0.00975. The van der Waals surface area contributed by atoms with Crippen molar-refractivity contribution in [1.82, 2.24) is 5.32 Å². The van der Waals surface area contributed by atoms with Crippen LogP contribution in [0.4, 0.5) is 4.79 Å². The number of amides is 1. The minimum absolute atomic E-state index is 0.140. The summed E-state index contributed by atoms with van der Waals surface area (Å²) in [5.41, 5.74) is -0.222. The SMILES string of the molecule is COc1cccc(OC)c1C(O)C(O)CCNC(=O)OC(C)(C)C. The van der Waals surface area contributed by atoms with E-state index < -0.39 is 23.9 Å². The first-order valence-corrected chi connectivity index (χ1v) is 7.73. The summed E-state index contributed by atoms with van der Waals surface area (Å²) in [4.78, 5) is 11.6. The summed E-state index contributed by atoms with van der Waals surface area (Å²) >= 11 is 0. The average molecular weight is 341 g/mol. The number of alkyl carbamates (subject to hydrolysis) is 1. The van der Waals surface area contributed by atoms with E-state index in [0.717, 1.165) is 0 Å². The molecule has 7 nitrogen and oxygen atoms in total. The van der Waals surface area contributed by atoms with Crippen molar-refractivity contribution in [2.75, 3.05) is 20.8 Å². The Morgan fingerprint density at radius 3 is 2.17 bits per heavy atom. The van der Waals surface area contributed by atoms with E-state index >= 15 is 0 Å². The van der Waals surface area contributed by atoms with E-state index in [4.69, 9.17) is 14.2 Å². The highest BCUT2D eigenvalue weighted by atomic mass is 16.6. The van der Waals surface area contributed by atoms with Gasteiger partial charge in [-0.05, 0) is 39.3 Å². The fraction of sp³-hybridized carbons (Fsp3) is 0.588. The van der Waals surface area contributed by atoms with Crippen LogP contribution in [-0.4, -0.2) is 48.8 Å².